The fourth-order valence-corrected chi connectivity index (χ4v) is 1.80. The molecule has 0 aromatic heterocycles. The number of hydrogen-bond acceptors (Lipinski definition) is 4. The molecule has 0 aliphatic heterocycles. The molecular weight excluding hydrogens is 229 g/mol. The van der Waals surface area contributed by atoms with E-state index in [9.17, 15) is 9.93 Å². The molecule has 0 saturated carbocycles. The predicted molar refractivity (Wildman–Crippen MR) is 71.8 cm³/mol. The topological polar surface area (TPSA) is 58.9 Å². The fraction of sp³-hybridized carbons (Fsp3) is 0.0769. The highest BCUT2D eigenvalue weighted by atomic mass is 16.5. The number of rotatable bonds is 4. The lowest BCUT2D eigenvalue weighted by Gasteiger charge is -2.09. The molecule has 0 amide bonds. The molecule has 18 heavy (non-hydrogen) atoms. The van der Waals surface area contributed by atoms with E-state index < -0.39 is 7.05 Å². The van der Waals surface area contributed by atoms with E-state index in [-0.39, 0.29) is 0 Å². The third-order valence-corrected chi connectivity index (χ3v) is 2.71. The summed E-state index contributed by atoms with van der Waals surface area (Å²) >= 11 is 0. The van der Waals surface area contributed by atoms with E-state index in [0.29, 0.717) is 11.2 Å². The van der Waals surface area contributed by atoms with Gasteiger partial charge in [0.05, 0.1) is 7.11 Å². The van der Waals surface area contributed by atoms with E-state index >= 15 is 0 Å². The maximum Gasteiger partial charge on any atom is 0.521 e. The lowest BCUT2D eigenvalue weighted by atomic mass is 9.74. The molecule has 2 aromatic carbocycles. The summed E-state index contributed by atoms with van der Waals surface area (Å²) in [7, 11) is 0.0713. The minimum absolute atomic E-state index is 0.369. The van der Waals surface area contributed by atoms with E-state index in [2.05, 4.69) is 5.09 Å². The minimum Gasteiger partial charge on any atom is -0.497 e. The molecule has 2 aromatic rings. The molecule has 90 valence electrons. The van der Waals surface area contributed by atoms with Crippen LogP contribution in [-0.2, 0) is 0 Å². The summed E-state index contributed by atoms with van der Waals surface area (Å²) in [5, 5.41) is 12.2. The van der Waals surface area contributed by atoms with Gasteiger partial charge in [-0.2, -0.15) is 4.91 Å². The van der Waals surface area contributed by atoms with Crippen LogP contribution in [0.4, 0.5) is 0 Å². The molecule has 0 fully saturated rings. The number of benzene rings is 2. The van der Waals surface area contributed by atoms with E-state index in [0.717, 1.165) is 11.1 Å². The van der Waals surface area contributed by atoms with E-state index in [1.165, 1.54) is 7.11 Å². The van der Waals surface area contributed by atoms with Crippen molar-refractivity contribution in [1.29, 1.82) is 0 Å². The second kappa shape index (κ2) is 5.47. The van der Waals surface area contributed by atoms with Crippen LogP contribution in [0.2, 0.25) is 0 Å². The summed E-state index contributed by atoms with van der Waals surface area (Å²) in [5.41, 5.74) is 2.27. The molecule has 5 heteroatoms. The second-order valence-corrected chi connectivity index (χ2v) is 3.80. The quantitative estimate of drug-likeness (QED) is 0.656. The van der Waals surface area contributed by atoms with Crippen LogP contribution in [0.3, 0.4) is 0 Å². The second-order valence-electron chi connectivity index (χ2n) is 3.80. The van der Waals surface area contributed by atoms with Crippen molar-refractivity contribution in [1.82, 2.24) is 0 Å². The number of ether oxygens (including phenoxy) is 1. The number of nitroso groups, excluding NO2 is 1. The molecule has 0 aliphatic rings. The minimum atomic E-state index is -1.41. The Labute approximate surface area is 105 Å². The molecule has 0 radical (unpaired) electrons. The Morgan fingerprint density at radius 3 is 2.44 bits per heavy atom. The first-order valence-electron chi connectivity index (χ1n) is 5.50. The molecule has 4 nitrogen and oxygen atoms in total. The zero-order valence-electron chi connectivity index (χ0n) is 9.91. The predicted octanol–water partition coefficient (Wildman–Crippen LogP) is 1.82. The average molecular weight is 241 g/mol. The fourth-order valence-electron chi connectivity index (χ4n) is 1.80. The molecule has 0 bridgehead atoms. The summed E-state index contributed by atoms with van der Waals surface area (Å²) in [5.74, 6) is 0.446. The van der Waals surface area contributed by atoms with Gasteiger partial charge in [-0.05, 0) is 17.2 Å². The Morgan fingerprint density at radius 1 is 1.11 bits per heavy atom. The van der Waals surface area contributed by atoms with Gasteiger partial charge in [0.15, 0.2) is 0 Å². The molecular formula is C13H12BNO3. The summed E-state index contributed by atoms with van der Waals surface area (Å²) < 4.78 is 5.10. The van der Waals surface area contributed by atoms with Gasteiger partial charge in [-0.25, -0.2) is 0 Å². The van der Waals surface area contributed by atoms with Crippen LogP contribution in [0.25, 0.3) is 11.1 Å². The largest absolute Gasteiger partial charge is 0.521 e. The van der Waals surface area contributed by atoms with Crippen LogP contribution in [0, 0.1) is 4.91 Å². The molecule has 2 rings (SSSR count). The Morgan fingerprint density at radius 2 is 1.83 bits per heavy atom. The van der Waals surface area contributed by atoms with Crippen molar-refractivity contribution in [2.45, 2.75) is 0 Å². The van der Waals surface area contributed by atoms with Gasteiger partial charge in [0.25, 0.3) is 0 Å². The van der Waals surface area contributed by atoms with Crippen molar-refractivity contribution in [3.8, 4) is 16.9 Å². The van der Waals surface area contributed by atoms with Gasteiger partial charge >= 0.3 is 7.05 Å². The van der Waals surface area contributed by atoms with Gasteiger partial charge in [0, 0.05) is 5.46 Å². The standard InChI is InChI=1S/C13H12BNO3/c1-18-13-8-7-11(9-12(13)14(16)15-17)10-5-3-2-4-6-10/h2-9,16H,1H3. The first-order chi connectivity index (χ1) is 8.76. The Balaban J connectivity index is 2.49. The van der Waals surface area contributed by atoms with Crippen molar-refractivity contribution >= 4 is 12.5 Å². The van der Waals surface area contributed by atoms with E-state index in [1.807, 2.05) is 36.4 Å². The lowest BCUT2D eigenvalue weighted by Crippen LogP contribution is -2.29. The molecule has 0 aliphatic carbocycles. The Hall–Kier alpha value is -2.14. The third kappa shape index (κ3) is 2.41. The van der Waals surface area contributed by atoms with Crippen molar-refractivity contribution in [2.75, 3.05) is 7.11 Å². The first kappa shape index (κ1) is 12.3. The molecule has 1 N–H and O–H groups in total. The van der Waals surface area contributed by atoms with Gasteiger partial charge in [-0.15, -0.1) is 0 Å². The lowest BCUT2D eigenvalue weighted by molar-refractivity contribution is 0.417. The van der Waals surface area contributed by atoms with Gasteiger partial charge in [0.1, 0.15) is 5.75 Å². The average Bonchev–Trinajstić information content (AvgIpc) is 2.46. The molecule has 0 spiro atoms. The summed E-state index contributed by atoms with van der Waals surface area (Å²) in [6.07, 6.45) is 0. The SMILES string of the molecule is COc1ccc(-c2ccccc2)cc1B(O)N=O. The maximum absolute atomic E-state index is 10.5. The molecule has 0 saturated heterocycles. The summed E-state index contributed by atoms with van der Waals surface area (Å²) in [4.78, 5) is 10.5. The number of methoxy groups -OCH3 is 1. The summed E-state index contributed by atoms with van der Waals surface area (Å²) in [6, 6.07) is 15.0. The Bertz CT molecular complexity index is 545. The van der Waals surface area contributed by atoms with Crippen LogP contribution in [0.15, 0.2) is 53.6 Å². The van der Waals surface area contributed by atoms with Crippen LogP contribution in [0.1, 0.15) is 0 Å². The van der Waals surface area contributed by atoms with E-state index in [1.54, 1.807) is 12.1 Å². The Kier molecular flexibility index (Phi) is 3.74. The highest BCUT2D eigenvalue weighted by Crippen LogP contribution is 2.21. The first-order valence-corrected chi connectivity index (χ1v) is 5.50. The maximum atomic E-state index is 10.5. The normalized spacial score (nSPS) is 9.89. The molecule has 0 heterocycles. The van der Waals surface area contributed by atoms with E-state index in [4.69, 9.17) is 4.74 Å². The van der Waals surface area contributed by atoms with Crippen molar-refractivity contribution in [2.24, 2.45) is 5.09 Å². The zero-order valence-corrected chi connectivity index (χ0v) is 9.91. The van der Waals surface area contributed by atoms with Gasteiger partial charge < -0.3 is 9.76 Å². The van der Waals surface area contributed by atoms with Gasteiger partial charge in [-0.3, -0.25) is 0 Å². The highest BCUT2D eigenvalue weighted by molar-refractivity contribution is 6.65. The van der Waals surface area contributed by atoms with Gasteiger partial charge in [0.2, 0.25) is 0 Å². The monoisotopic (exact) mass is 241 g/mol. The molecule has 0 atom stereocenters. The summed E-state index contributed by atoms with van der Waals surface area (Å²) in [6.45, 7) is 0. The van der Waals surface area contributed by atoms with Crippen LogP contribution >= 0.6 is 0 Å². The van der Waals surface area contributed by atoms with Crippen LogP contribution in [0.5, 0.6) is 5.75 Å². The zero-order chi connectivity index (χ0) is 13.0. The number of nitrogens with zero attached hydrogens (tertiary/aromatic N) is 1. The third-order valence-electron chi connectivity index (χ3n) is 2.71. The smallest absolute Gasteiger partial charge is 0.497 e. The van der Waals surface area contributed by atoms with Crippen molar-refractivity contribution in [3.63, 3.8) is 0 Å². The highest BCUT2D eigenvalue weighted by Gasteiger charge is 2.21. The van der Waals surface area contributed by atoms with Crippen molar-refractivity contribution < 1.29 is 9.76 Å². The van der Waals surface area contributed by atoms with Crippen molar-refractivity contribution in [3.05, 3.63) is 53.4 Å². The number of hydrogen-bond donors (Lipinski definition) is 1. The molecule has 0 unspecified atom stereocenters. The van der Waals surface area contributed by atoms with Gasteiger partial charge in [-0.1, -0.05) is 47.6 Å². The van der Waals surface area contributed by atoms with Crippen LogP contribution < -0.4 is 10.2 Å². The van der Waals surface area contributed by atoms with Crippen LogP contribution in [-0.4, -0.2) is 19.2 Å².